The number of benzene rings is 2. The molecule has 0 saturated carbocycles. The first-order valence-corrected chi connectivity index (χ1v) is 9.06. The van der Waals surface area contributed by atoms with Crippen LogP contribution >= 0.6 is 11.6 Å². The van der Waals surface area contributed by atoms with Crippen LogP contribution in [0.3, 0.4) is 0 Å². The highest BCUT2D eigenvalue weighted by molar-refractivity contribution is 6.30. The molecule has 0 unspecified atom stereocenters. The van der Waals surface area contributed by atoms with Gasteiger partial charge in [0.15, 0.2) is 11.6 Å². The summed E-state index contributed by atoms with van der Waals surface area (Å²) in [6.07, 6.45) is 1.19. The maximum atomic E-state index is 13.9. The third-order valence-electron chi connectivity index (χ3n) is 4.19. The molecule has 1 heterocycles. The number of carbonyl (C=O) groups is 2. The summed E-state index contributed by atoms with van der Waals surface area (Å²) >= 11 is 5.93. The number of carboxylic acid groups (broad SMARTS) is 1. The average molecular weight is 433 g/mol. The first kappa shape index (κ1) is 21.2. The summed E-state index contributed by atoms with van der Waals surface area (Å²) in [5.41, 5.74) is 0.283. The van der Waals surface area contributed by atoms with E-state index in [1.165, 1.54) is 30.5 Å². The van der Waals surface area contributed by atoms with Crippen LogP contribution in [0.5, 0.6) is 11.6 Å². The Morgan fingerprint density at radius 2 is 1.87 bits per heavy atom. The highest BCUT2D eigenvalue weighted by Crippen LogP contribution is 2.29. The molecule has 0 radical (unpaired) electrons. The van der Waals surface area contributed by atoms with Gasteiger partial charge in [-0.1, -0.05) is 35.9 Å². The molecule has 1 atom stereocenters. The van der Waals surface area contributed by atoms with E-state index in [1.807, 2.05) is 0 Å². The number of aromatic nitrogens is 1. The van der Waals surface area contributed by atoms with Gasteiger partial charge < -0.3 is 15.2 Å². The number of halogens is 3. The molecule has 0 saturated heterocycles. The third-order valence-corrected chi connectivity index (χ3v) is 4.40. The number of nitrogens with one attached hydrogen (secondary N) is 1. The van der Waals surface area contributed by atoms with Crippen molar-refractivity contribution < 1.29 is 28.2 Å². The molecule has 0 aliphatic heterocycles. The lowest BCUT2D eigenvalue weighted by molar-refractivity contribution is 0.0693. The number of rotatable bonds is 6. The van der Waals surface area contributed by atoms with Crippen molar-refractivity contribution in [1.29, 1.82) is 0 Å². The first-order valence-electron chi connectivity index (χ1n) is 8.68. The Morgan fingerprint density at radius 3 is 2.60 bits per heavy atom. The molecule has 2 aromatic carbocycles. The number of aromatic carboxylic acids is 1. The SMILES string of the molecule is C[C@H](NC(=O)c1cc(Cl)cnc1Oc1cccc(F)c1F)c1ccccc1C(=O)O. The Bertz CT molecular complexity index is 1120. The van der Waals surface area contributed by atoms with Gasteiger partial charge in [-0.2, -0.15) is 4.39 Å². The summed E-state index contributed by atoms with van der Waals surface area (Å²) in [5.74, 6) is -4.93. The third kappa shape index (κ3) is 4.55. The predicted molar refractivity (Wildman–Crippen MR) is 105 cm³/mol. The molecular weight excluding hydrogens is 418 g/mol. The number of nitrogens with zero attached hydrogens (tertiary/aromatic N) is 1. The highest BCUT2D eigenvalue weighted by atomic mass is 35.5. The molecule has 3 rings (SSSR count). The maximum Gasteiger partial charge on any atom is 0.336 e. The van der Waals surface area contributed by atoms with E-state index in [0.29, 0.717) is 5.56 Å². The fraction of sp³-hybridized carbons (Fsp3) is 0.0952. The van der Waals surface area contributed by atoms with E-state index in [1.54, 1.807) is 25.1 Å². The standard InChI is InChI=1S/C21H15ClF2N2O4/c1-11(13-5-2-3-6-14(13)21(28)29)26-19(27)15-9-12(22)10-25-20(15)30-17-8-4-7-16(23)18(17)24/h2-11H,1H3,(H,26,27)(H,28,29)/t11-/m0/s1. The molecular formula is C21H15ClF2N2O4. The smallest absolute Gasteiger partial charge is 0.336 e. The van der Waals surface area contributed by atoms with E-state index in [9.17, 15) is 23.5 Å². The van der Waals surface area contributed by atoms with Crippen molar-refractivity contribution in [3.8, 4) is 11.6 Å². The molecule has 154 valence electrons. The molecule has 3 aromatic rings. The van der Waals surface area contributed by atoms with Crippen LogP contribution in [-0.2, 0) is 0 Å². The quantitative estimate of drug-likeness (QED) is 0.572. The van der Waals surface area contributed by atoms with E-state index in [0.717, 1.165) is 6.07 Å². The molecule has 0 aliphatic carbocycles. The van der Waals surface area contributed by atoms with Crippen molar-refractivity contribution in [3.63, 3.8) is 0 Å². The molecule has 6 nitrogen and oxygen atoms in total. The number of carboxylic acids is 1. The molecule has 0 bridgehead atoms. The van der Waals surface area contributed by atoms with Gasteiger partial charge in [-0.15, -0.1) is 0 Å². The summed E-state index contributed by atoms with van der Waals surface area (Å²) in [5, 5.41) is 12.1. The Kier molecular flexibility index (Phi) is 6.27. The second-order valence-electron chi connectivity index (χ2n) is 6.25. The monoisotopic (exact) mass is 432 g/mol. The Hall–Kier alpha value is -3.52. The molecule has 0 spiro atoms. The number of hydrogen-bond donors (Lipinski definition) is 2. The highest BCUT2D eigenvalue weighted by Gasteiger charge is 2.22. The van der Waals surface area contributed by atoms with Gasteiger partial charge in [0.25, 0.3) is 5.91 Å². The number of hydrogen-bond acceptors (Lipinski definition) is 4. The summed E-state index contributed by atoms with van der Waals surface area (Å²) < 4.78 is 32.7. The first-order chi connectivity index (χ1) is 14.3. The van der Waals surface area contributed by atoms with Crippen molar-refractivity contribution in [2.75, 3.05) is 0 Å². The number of amides is 1. The van der Waals surface area contributed by atoms with Crippen molar-refractivity contribution in [3.05, 3.63) is 88.1 Å². The van der Waals surface area contributed by atoms with E-state index < -0.39 is 35.3 Å². The summed E-state index contributed by atoms with van der Waals surface area (Å²) in [7, 11) is 0. The summed E-state index contributed by atoms with van der Waals surface area (Å²) in [4.78, 5) is 28.1. The molecule has 9 heteroatoms. The zero-order chi connectivity index (χ0) is 21.8. The van der Waals surface area contributed by atoms with E-state index in [-0.39, 0.29) is 22.0 Å². The minimum absolute atomic E-state index is 0.0350. The average Bonchev–Trinajstić information content (AvgIpc) is 2.72. The lowest BCUT2D eigenvalue weighted by Gasteiger charge is -2.17. The van der Waals surface area contributed by atoms with Crippen LogP contribution in [0.2, 0.25) is 5.02 Å². The van der Waals surface area contributed by atoms with Crippen LogP contribution < -0.4 is 10.1 Å². The molecule has 1 amide bonds. The molecule has 30 heavy (non-hydrogen) atoms. The van der Waals surface area contributed by atoms with E-state index >= 15 is 0 Å². The van der Waals surface area contributed by atoms with Crippen LogP contribution in [0.15, 0.2) is 54.7 Å². The minimum atomic E-state index is -1.23. The zero-order valence-electron chi connectivity index (χ0n) is 15.5. The fourth-order valence-electron chi connectivity index (χ4n) is 2.76. The van der Waals surface area contributed by atoms with Crippen molar-refractivity contribution in [1.82, 2.24) is 10.3 Å². The lowest BCUT2D eigenvalue weighted by Crippen LogP contribution is -2.28. The van der Waals surface area contributed by atoms with Crippen molar-refractivity contribution >= 4 is 23.5 Å². The zero-order valence-corrected chi connectivity index (χ0v) is 16.3. The van der Waals surface area contributed by atoms with Crippen LogP contribution in [0.4, 0.5) is 8.78 Å². The molecule has 1 aromatic heterocycles. The van der Waals surface area contributed by atoms with Gasteiger partial charge in [0, 0.05) is 6.20 Å². The fourth-order valence-corrected chi connectivity index (χ4v) is 2.92. The lowest BCUT2D eigenvalue weighted by atomic mass is 10.0. The number of carbonyl (C=O) groups excluding carboxylic acids is 1. The van der Waals surface area contributed by atoms with Crippen LogP contribution in [0.1, 0.15) is 39.2 Å². The Labute approximate surface area is 175 Å². The van der Waals surface area contributed by atoms with E-state index in [4.69, 9.17) is 16.3 Å². The van der Waals surface area contributed by atoms with Gasteiger partial charge in [0.2, 0.25) is 11.7 Å². The van der Waals surface area contributed by atoms with Crippen LogP contribution in [0, 0.1) is 11.6 Å². The van der Waals surface area contributed by atoms with Crippen LogP contribution in [-0.4, -0.2) is 22.0 Å². The largest absolute Gasteiger partial charge is 0.478 e. The van der Waals surface area contributed by atoms with Crippen LogP contribution in [0.25, 0.3) is 0 Å². The van der Waals surface area contributed by atoms with Gasteiger partial charge in [-0.05, 0) is 36.8 Å². The summed E-state index contributed by atoms with van der Waals surface area (Å²) in [6.45, 7) is 1.60. The molecule has 0 aliphatic rings. The Morgan fingerprint density at radius 1 is 1.13 bits per heavy atom. The normalized spacial score (nSPS) is 11.6. The van der Waals surface area contributed by atoms with Crippen molar-refractivity contribution in [2.24, 2.45) is 0 Å². The topological polar surface area (TPSA) is 88.5 Å². The predicted octanol–water partition coefficient (Wildman–Crippen LogP) is 4.99. The van der Waals surface area contributed by atoms with Gasteiger partial charge in [-0.3, -0.25) is 4.79 Å². The Balaban J connectivity index is 1.90. The van der Waals surface area contributed by atoms with Gasteiger partial charge in [0.1, 0.15) is 5.56 Å². The van der Waals surface area contributed by atoms with Gasteiger partial charge in [-0.25, -0.2) is 14.2 Å². The second kappa shape index (κ2) is 8.87. The van der Waals surface area contributed by atoms with E-state index in [2.05, 4.69) is 10.3 Å². The minimum Gasteiger partial charge on any atom is -0.478 e. The number of pyridine rings is 1. The van der Waals surface area contributed by atoms with Gasteiger partial charge >= 0.3 is 5.97 Å². The number of ether oxygens (including phenoxy) is 1. The summed E-state index contributed by atoms with van der Waals surface area (Å²) in [6, 6.07) is 10.1. The van der Waals surface area contributed by atoms with Gasteiger partial charge in [0.05, 0.1) is 16.6 Å². The maximum absolute atomic E-state index is 13.9. The molecule has 0 fully saturated rings. The van der Waals surface area contributed by atoms with Crippen molar-refractivity contribution in [2.45, 2.75) is 13.0 Å². The second-order valence-corrected chi connectivity index (χ2v) is 6.68. The molecule has 2 N–H and O–H groups in total.